The van der Waals surface area contributed by atoms with Crippen LogP contribution >= 0.6 is 11.6 Å². The Hall–Kier alpha value is -1.35. The van der Waals surface area contributed by atoms with Gasteiger partial charge in [0.1, 0.15) is 10.9 Å². The van der Waals surface area contributed by atoms with Crippen molar-refractivity contribution >= 4 is 27.7 Å². The van der Waals surface area contributed by atoms with Gasteiger partial charge >= 0.3 is 6.03 Å². The van der Waals surface area contributed by atoms with Crippen LogP contribution in [0.1, 0.15) is 25.8 Å². The number of halogens is 1. The summed E-state index contributed by atoms with van der Waals surface area (Å²) in [6.07, 6.45) is 0.199. The van der Waals surface area contributed by atoms with E-state index in [1.165, 1.54) is 4.31 Å². The molecule has 3 aliphatic heterocycles. The quantitative estimate of drug-likeness (QED) is 0.819. The average molecular weight is 414 g/mol. The van der Waals surface area contributed by atoms with Gasteiger partial charge < -0.3 is 15.0 Å². The van der Waals surface area contributed by atoms with Gasteiger partial charge in [-0.25, -0.2) is 13.2 Å². The molecular weight excluding hydrogens is 390 g/mol. The molecule has 3 saturated heterocycles. The molecule has 27 heavy (non-hydrogen) atoms. The van der Waals surface area contributed by atoms with Crippen LogP contribution in [0.15, 0.2) is 24.3 Å². The van der Waals surface area contributed by atoms with Gasteiger partial charge in [0.05, 0.1) is 12.6 Å². The van der Waals surface area contributed by atoms with E-state index in [9.17, 15) is 13.2 Å². The fourth-order valence-corrected chi connectivity index (χ4v) is 6.93. The number of hydrogen-bond acceptors (Lipinski definition) is 4. The van der Waals surface area contributed by atoms with Gasteiger partial charge in [0.2, 0.25) is 10.0 Å². The number of rotatable bonds is 3. The molecule has 0 radical (unpaired) electrons. The predicted molar refractivity (Wildman–Crippen MR) is 102 cm³/mol. The van der Waals surface area contributed by atoms with Gasteiger partial charge in [-0.2, -0.15) is 4.31 Å². The number of likely N-dealkylation sites (tertiary alicyclic amines) is 1. The van der Waals surface area contributed by atoms with Crippen molar-refractivity contribution in [2.75, 3.05) is 19.6 Å². The lowest BCUT2D eigenvalue weighted by atomic mass is 9.99. The standard InChI is InChI=1S/C18H24ClN3O4S/c1-12(2)20-17(23)21-9-15-7-16-18(10-21,26-15)11-22(27(16,24)25)8-13-4-3-5-14(19)6-13/h3-6,12,15-16H,7-11H2,1-2H3,(H,20,23)/t15-,16+,18+/m1/s1. The number of sulfonamides is 1. The Labute approximate surface area is 164 Å². The zero-order valence-electron chi connectivity index (χ0n) is 15.4. The SMILES string of the molecule is CC(C)NC(=O)N1C[C@H]2C[C@H]3[C@](C1)(CN(Cc1cccc(Cl)c1)S3(=O)=O)O2. The number of carbonyl (C=O) groups excluding carboxylic acids is 1. The number of hydrogen-bond donors (Lipinski definition) is 1. The second kappa shape index (κ2) is 6.62. The summed E-state index contributed by atoms with van der Waals surface area (Å²) in [4.78, 5) is 14.2. The Morgan fingerprint density at radius 1 is 1.41 bits per heavy atom. The van der Waals surface area contributed by atoms with E-state index in [1.54, 1.807) is 17.0 Å². The first-order chi connectivity index (χ1) is 12.7. The highest BCUT2D eigenvalue weighted by Gasteiger charge is 2.65. The number of ether oxygens (including phenoxy) is 1. The molecule has 0 aliphatic carbocycles. The topological polar surface area (TPSA) is 79.0 Å². The van der Waals surface area contributed by atoms with E-state index in [4.69, 9.17) is 16.3 Å². The second-order valence-electron chi connectivity index (χ2n) is 7.96. The normalized spacial score (nSPS) is 31.9. The highest BCUT2D eigenvalue weighted by molar-refractivity contribution is 7.90. The molecule has 7 nitrogen and oxygen atoms in total. The molecule has 3 aliphatic rings. The molecule has 1 spiro atoms. The predicted octanol–water partition coefficient (Wildman–Crippen LogP) is 1.82. The van der Waals surface area contributed by atoms with Crippen molar-refractivity contribution in [1.29, 1.82) is 0 Å². The van der Waals surface area contributed by atoms with E-state index < -0.39 is 20.9 Å². The third-order valence-corrected chi connectivity index (χ3v) is 8.01. The number of amides is 2. The van der Waals surface area contributed by atoms with Gasteiger partial charge in [-0.1, -0.05) is 23.7 Å². The Morgan fingerprint density at radius 2 is 2.19 bits per heavy atom. The van der Waals surface area contributed by atoms with Gasteiger partial charge in [0.15, 0.2) is 0 Å². The lowest BCUT2D eigenvalue weighted by molar-refractivity contribution is -0.0959. The smallest absolute Gasteiger partial charge is 0.317 e. The van der Waals surface area contributed by atoms with Crippen LogP contribution in [0.2, 0.25) is 5.02 Å². The minimum absolute atomic E-state index is 0.0259. The molecule has 2 amide bonds. The second-order valence-corrected chi connectivity index (χ2v) is 10.5. The Morgan fingerprint density at radius 3 is 2.89 bits per heavy atom. The molecular formula is C18H24ClN3O4S. The molecule has 0 saturated carbocycles. The van der Waals surface area contributed by atoms with Crippen molar-refractivity contribution in [3.05, 3.63) is 34.9 Å². The average Bonchev–Trinajstić information content (AvgIpc) is 2.93. The van der Waals surface area contributed by atoms with Crippen LogP contribution in [-0.2, 0) is 21.3 Å². The number of morpholine rings is 1. The van der Waals surface area contributed by atoms with Crippen LogP contribution in [0.3, 0.4) is 0 Å². The number of fused-ring (bicyclic) bond motifs is 1. The van der Waals surface area contributed by atoms with Gasteiger partial charge in [-0.3, -0.25) is 0 Å². The fourth-order valence-electron chi connectivity index (χ4n) is 4.42. The van der Waals surface area contributed by atoms with Crippen molar-refractivity contribution < 1.29 is 17.9 Å². The van der Waals surface area contributed by atoms with E-state index in [0.29, 0.717) is 18.0 Å². The van der Waals surface area contributed by atoms with Crippen LogP contribution in [0, 0.1) is 0 Å². The number of benzene rings is 1. The first-order valence-electron chi connectivity index (χ1n) is 9.16. The maximum absolute atomic E-state index is 13.1. The Kier molecular flexibility index (Phi) is 4.65. The van der Waals surface area contributed by atoms with E-state index in [2.05, 4.69) is 5.32 Å². The lowest BCUT2D eigenvalue weighted by Gasteiger charge is -2.39. The largest absolute Gasteiger partial charge is 0.365 e. The molecule has 3 fully saturated rings. The minimum Gasteiger partial charge on any atom is -0.365 e. The van der Waals surface area contributed by atoms with Gasteiger partial charge in [-0.15, -0.1) is 0 Å². The zero-order valence-corrected chi connectivity index (χ0v) is 17.0. The summed E-state index contributed by atoms with van der Waals surface area (Å²) in [6.45, 7) is 5.04. The van der Waals surface area contributed by atoms with Crippen LogP contribution in [0.5, 0.6) is 0 Å². The first-order valence-corrected chi connectivity index (χ1v) is 11.0. The van der Waals surface area contributed by atoms with E-state index in [0.717, 1.165) is 5.56 Å². The summed E-state index contributed by atoms with van der Waals surface area (Å²) in [5, 5.41) is 2.86. The molecule has 9 heteroatoms. The zero-order chi connectivity index (χ0) is 19.4. The van der Waals surface area contributed by atoms with Crippen LogP contribution in [0.4, 0.5) is 4.79 Å². The van der Waals surface area contributed by atoms with Crippen molar-refractivity contribution in [2.45, 2.75) is 49.8 Å². The van der Waals surface area contributed by atoms with E-state index in [1.807, 2.05) is 26.0 Å². The van der Waals surface area contributed by atoms with Crippen molar-refractivity contribution in [1.82, 2.24) is 14.5 Å². The summed E-state index contributed by atoms with van der Waals surface area (Å²) in [5.41, 5.74) is -0.0153. The van der Waals surface area contributed by atoms with Gasteiger partial charge in [0, 0.05) is 30.7 Å². The first kappa shape index (κ1) is 19.0. The van der Waals surface area contributed by atoms with Crippen molar-refractivity contribution in [3.8, 4) is 0 Å². The maximum atomic E-state index is 13.1. The molecule has 0 aromatic heterocycles. The van der Waals surface area contributed by atoms with Crippen LogP contribution < -0.4 is 5.32 Å². The third-order valence-electron chi connectivity index (χ3n) is 5.46. The lowest BCUT2D eigenvalue weighted by Crippen LogP contribution is -2.58. The molecule has 2 bridgehead atoms. The number of nitrogens with one attached hydrogen (secondary N) is 1. The molecule has 3 heterocycles. The minimum atomic E-state index is -3.50. The number of nitrogens with zero attached hydrogens (tertiary/aromatic N) is 2. The molecule has 1 aromatic carbocycles. The van der Waals surface area contributed by atoms with E-state index in [-0.39, 0.29) is 37.8 Å². The summed E-state index contributed by atoms with van der Waals surface area (Å²) >= 11 is 6.03. The van der Waals surface area contributed by atoms with E-state index >= 15 is 0 Å². The maximum Gasteiger partial charge on any atom is 0.317 e. The third kappa shape index (κ3) is 3.33. The Balaban J connectivity index is 1.57. The molecule has 0 unspecified atom stereocenters. The molecule has 3 atom stereocenters. The summed E-state index contributed by atoms with van der Waals surface area (Å²) in [7, 11) is -3.50. The summed E-state index contributed by atoms with van der Waals surface area (Å²) < 4.78 is 33.9. The van der Waals surface area contributed by atoms with Crippen LogP contribution in [0.25, 0.3) is 0 Å². The van der Waals surface area contributed by atoms with Crippen molar-refractivity contribution in [3.63, 3.8) is 0 Å². The monoisotopic (exact) mass is 413 g/mol. The number of urea groups is 1. The summed E-state index contributed by atoms with van der Waals surface area (Å²) in [5.74, 6) is 0. The molecule has 4 rings (SSSR count). The summed E-state index contributed by atoms with van der Waals surface area (Å²) in [6, 6.07) is 7.07. The van der Waals surface area contributed by atoms with Gasteiger partial charge in [-0.05, 0) is 38.0 Å². The molecule has 1 aromatic rings. The van der Waals surface area contributed by atoms with Crippen LogP contribution in [-0.4, -0.2) is 66.3 Å². The fraction of sp³-hybridized carbons (Fsp3) is 0.611. The van der Waals surface area contributed by atoms with Gasteiger partial charge in [0.25, 0.3) is 0 Å². The molecule has 148 valence electrons. The molecule has 1 N–H and O–H groups in total. The highest BCUT2D eigenvalue weighted by Crippen LogP contribution is 2.47. The Bertz CT molecular complexity index is 862. The van der Waals surface area contributed by atoms with Crippen molar-refractivity contribution in [2.24, 2.45) is 0 Å². The number of carbonyl (C=O) groups is 1. The highest BCUT2D eigenvalue weighted by atomic mass is 35.5.